The van der Waals surface area contributed by atoms with Crippen molar-refractivity contribution in [3.05, 3.63) is 23.7 Å². The monoisotopic (exact) mass is 277 g/mol. The molecule has 1 aromatic heterocycles. The number of nitrogens with one attached hydrogen (secondary N) is 1. The van der Waals surface area contributed by atoms with E-state index in [9.17, 15) is 0 Å². The van der Waals surface area contributed by atoms with Crippen LogP contribution in [-0.4, -0.2) is 48.1 Å². The molecule has 0 aliphatic carbocycles. The van der Waals surface area contributed by atoms with Crippen LogP contribution in [0.25, 0.3) is 0 Å². The Labute approximate surface area is 122 Å². The number of furan rings is 1. The van der Waals surface area contributed by atoms with E-state index in [0.717, 1.165) is 31.4 Å². The van der Waals surface area contributed by atoms with Gasteiger partial charge in [-0.1, -0.05) is 6.92 Å². The summed E-state index contributed by atoms with van der Waals surface area (Å²) in [6, 6.07) is 3.51. The molecule has 2 fully saturated rings. The second-order valence-electron chi connectivity index (χ2n) is 6.22. The molecule has 20 heavy (non-hydrogen) atoms. The molecule has 0 radical (unpaired) electrons. The van der Waals surface area contributed by atoms with Crippen molar-refractivity contribution in [1.82, 2.24) is 15.1 Å². The minimum absolute atomic E-state index is 0.626. The first-order chi connectivity index (χ1) is 9.78. The standard InChI is InChI=1S/C16H27N3O/c1-3-17-9-14-6-8-20-16(14)12-19-11-15-5-4-7-18(15)10-13(19)2/h6,8,13,15,17H,3-5,7,9-12H2,1-2H3. The summed E-state index contributed by atoms with van der Waals surface area (Å²) in [6.07, 6.45) is 4.57. The van der Waals surface area contributed by atoms with E-state index in [-0.39, 0.29) is 0 Å². The lowest BCUT2D eigenvalue weighted by Crippen LogP contribution is -2.54. The molecule has 112 valence electrons. The topological polar surface area (TPSA) is 31.7 Å². The summed E-state index contributed by atoms with van der Waals surface area (Å²) in [4.78, 5) is 5.27. The first-order valence-electron chi connectivity index (χ1n) is 8.02. The van der Waals surface area contributed by atoms with Crippen LogP contribution in [0.5, 0.6) is 0 Å². The number of rotatable bonds is 5. The van der Waals surface area contributed by atoms with Crippen molar-refractivity contribution in [2.75, 3.05) is 26.2 Å². The van der Waals surface area contributed by atoms with Gasteiger partial charge in [-0.05, 0) is 38.9 Å². The predicted octanol–water partition coefficient (Wildman–Crippen LogP) is 2.06. The molecule has 0 spiro atoms. The summed E-state index contributed by atoms with van der Waals surface area (Å²) in [6.45, 7) is 11.1. The zero-order chi connectivity index (χ0) is 13.9. The Bertz CT molecular complexity index is 431. The normalized spacial score (nSPS) is 27.9. The van der Waals surface area contributed by atoms with Gasteiger partial charge in [0.1, 0.15) is 5.76 Å². The number of fused-ring (bicyclic) bond motifs is 1. The van der Waals surface area contributed by atoms with Crippen LogP contribution in [0.15, 0.2) is 16.7 Å². The second-order valence-corrected chi connectivity index (χ2v) is 6.22. The molecule has 2 aliphatic rings. The van der Waals surface area contributed by atoms with Crippen LogP contribution in [0, 0.1) is 0 Å². The SMILES string of the molecule is CCNCc1ccoc1CN1CC2CCCN2CC1C. The van der Waals surface area contributed by atoms with E-state index in [1.807, 2.05) is 6.26 Å². The van der Waals surface area contributed by atoms with E-state index in [0.29, 0.717) is 6.04 Å². The molecule has 4 nitrogen and oxygen atoms in total. The lowest BCUT2D eigenvalue weighted by Gasteiger charge is -2.42. The molecule has 3 rings (SSSR count). The zero-order valence-electron chi connectivity index (χ0n) is 12.8. The number of hydrogen-bond donors (Lipinski definition) is 1. The van der Waals surface area contributed by atoms with Gasteiger partial charge in [0, 0.05) is 37.3 Å². The Kier molecular flexibility index (Phi) is 4.44. The van der Waals surface area contributed by atoms with Crippen LogP contribution in [0.3, 0.4) is 0 Å². The molecule has 1 N–H and O–H groups in total. The molecule has 1 aromatic rings. The van der Waals surface area contributed by atoms with Crippen LogP contribution in [-0.2, 0) is 13.1 Å². The molecule has 0 saturated carbocycles. The van der Waals surface area contributed by atoms with Crippen LogP contribution in [0.4, 0.5) is 0 Å². The number of piperazine rings is 1. The Morgan fingerprint density at radius 3 is 3.15 bits per heavy atom. The maximum atomic E-state index is 5.73. The highest BCUT2D eigenvalue weighted by atomic mass is 16.3. The smallest absolute Gasteiger partial charge is 0.122 e. The van der Waals surface area contributed by atoms with Crippen molar-refractivity contribution in [2.24, 2.45) is 0 Å². The van der Waals surface area contributed by atoms with Crippen LogP contribution in [0.1, 0.15) is 38.0 Å². The summed E-state index contributed by atoms with van der Waals surface area (Å²) in [5.74, 6) is 1.14. The minimum Gasteiger partial charge on any atom is -0.468 e. The molecule has 2 atom stereocenters. The molecule has 2 unspecified atom stereocenters. The summed E-state index contributed by atoms with van der Waals surface area (Å²) in [5.41, 5.74) is 1.31. The molecular formula is C16H27N3O. The largest absolute Gasteiger partial charge is 0.468 e. The van der Waals surface area contributed by atoms with Gasteiger partial charge in [-0.25, -0.2) is 0 Å². The van der Waals surface area contributed by atoms with Gasteiger partial charge in [0.2, 0.25) is 0 Å². The first-order valence-corrected chi connectivity index (χ1v) is 8.02. The fourth-order valence-corrected chi connectivity index (χ4v) is 3.58. The summed E-state index contributed by atoms with van der Waals surface area (Å²) < 4.78 is 5.73. The minimum atomic E-state index is 0.626. The third kappa shape index (κ3) is 2.92. The van der Waals surface area contributed by atoms with Gasteiger partial charge in [-0.15, -0.1) is 0 Å². The second kappa shape index (κ2) is 6.29. The maximum absolute atomic E-state index is 5.73. The Morgan fingerprint density at radius 1 is 1.40 bits per heavy atom. The molecule has 3 heterocycles. The molecule has 4 heteroatoms. The van der Waals surface area contributed by atoms with Crippen molar-refractivity contribution in [2.45, 2.75) is 51.9 Å². The van der Waals surface area contributed by atoms with Gasteiger partial charge in [-0.3, -0.25) is 9.80 Å². The fourth-order valence-electron chi connectivity index (χ4n) is 3.58. The van der Waals surface area contributed by atoms with Gasteiger partial charge in [0.15, 0.2) is 0 Å². The highest BCUT2D eigenvalue weighted by Crippen LogP contribution is 2.26. The summed E-state index contributed by atoms with van der Waals surface area (Å²) >= 11 is 0. The maximum Gasteiger partial charge on any atom is 0.122 e. The van der Waals surface area contributed by atoms with Crippen molar-refractivity contribution in [3.8, 4) is 0 Å². The zero-order valence-corrected chi connectivity index (χ0v) is 12.8. The summed E-state index contributed by atoms with van der Waals surface area (Å²) in [7, 11) is 0. The van der Waals surface area contributed by atoms with Gasteiger partial charge < -0.3 is 9.73 Å². The van der Waals surface area contributed by atoms with Gasteiger partial charge in [0.25, 0.3) is 0 Å². The fraction of sp³-hybridized carbons (Fsp3) is 0.750. The molecule has 0 amide bonds. The highest BCUT2D eigenvalue weighted by molar-refractivity contribution is 5.17. The Morgan fingerprint density at radius 2 is 2.30 bits per heavy atom. The molecule has 2 aliphatic heterocycles. The number of hydrogen-bond acceptors (Lipinski definition) is 4. The van der Waals surface area contributed by atoms with E-state index < -0.39 is 0 Å². The number of nitrogens with zero attached hydrogens (tertiary/aromatic N) is 2. The van der Waals surface area contributed by atoms with Crippen LogP contribution >= 0.6 is 0 Å². The van der Waals surface area contributed by atoms with Crippen molar-refractivity contribution in [3.63, 3.8) is 0 Å². The quantitative estimate of drug-likeness (QED) is 0.893. The van der Waals surface area contributed by atoms with Crippen LogP contribution in [0.2, 0.25) is 0 Å². The first kappa shape index (κ1) is 14.1. The lowest BCUT2D eigenvalue weighted by atomic mass is 10.1. The van der Waals surface area contributed by atoms with Crippen molar-refractivity contribution < 1.29 is 4.42 Å². The third-order valence-electron chi connectivity index (χ3n) is 4.82. The van der Waals surface area contributed by atoms with Gasteiger partial charge >= 0.3 is 0 Å². The summed E-state index contributed by atoms with van der Waals surface area (Å²) in [5, 5.41) is 3.39. The molecule has 2 saturated heterocycles. The molecular weight excluding hydrogens is 250 g/mol. The van der Waals surface area contributed by atoms with Crippen molar-refractivity contribution >= 4 is 0 Å². The predicted molar refractivity (Wildman–Crippen MR) is 80.6 cm³/mol. The molecule has 0 bridgehead atoms. The average molecular weight is 277 g/mol. The third-order valence-corrected chi connectivity index (χ3v) is 4.82. The molecule has 0 aromatic carbocycles. The van der Waals surface area contributed by atoms with E-state index in [1.54, 1.807) is 0 Å². The van der Waals surface area contributed by atoms with E-state index in [4.69, 9.17) is 4.42 Å². The van der Waals surface area contributed by atoms with Gasteiger partial charge in [-0.2, -0.15) is 0 Å². The lowest BCUT2D eigenvalue weighted by molar-refractivity contribution is 0.0491. The van der Waals surface area contributed by atoms with Crippen LogP contribution < -0.4 is 5.32 Å². The van der Waals surface area contributed by atoms with Gasteiger partial charge in [0.05, 0.1) is 12.8 Å². The van der Waals surface area contributed by atoms with Crippen molar-refractivity contribution in [1.29, 1.82) is 0 Å². The highest BCUT2D eigenvalue weighted by Gasteiger charge is 2.34. The van der Waals surface area contributed by atoms with E-state index >= 15 is 0 Å². The van der Waals surface area contributed by atoms with E-state index in [1.165, 1.54) is 38.0 Å². The Hall–Kier alpha value is -0.840. The Balaban J connectivity index is 1.63. The van der Waals surface area contributed by atoms with E-state index in [2.05, 4.69) is 35.0 Å². The average Bonchev–Trinajstić information content (AvgIpc) is 3.06.